The molecule has 1 fully saturated rings. The number of hydrogen-bond donors (Lipinski definition) is 2. The molecule has 1 unspecified atom stereocenters. The van der Waals surface area contributed by atoms with Crippen molar-refractivity contribution in [3.05, 3.63) is 71.9 Å². The van der Waals surface area contributed by atoms with Gasteiger partial charge in [-0.1, -0.05) is 29.8 Å². The Labute approximate surface area is 163 Å². The molecule has 144 valence electrons. The molecule has 2 aromatic carbocycles. The van der Waals surface area contributed by atoms with Gasteiger partial charge in [0.25, 0.3) is 0 Å². The highest BCUT2D eigenvalue weighted by Gasteiger charge is 2.30. The molecule has 1 aliphatic rings. The van der Waals surface area contributed by atoms with Crippen molar-refractivity contribution in [3.8, 4) is 11.3 Å². The van der Waals surface area contributed by atoms with Crippen molar-refractivity contribution in [3.63, 3.8) is 0 Å². The largest absolute Gasteiger partial charge is 0.341 e. The molecule has 1 amide bonds. The summed E-state index contributed by atoms with van der Waals surface area (Å²) >= 11 is 0. The van der Waals surface area contributed by atoms with Gasteiger partial charge in [0.15, 0.2) is 0 Å². The molecule has 6 heteroatoms. The number of aromatic amines is 1. The summed E-state index contributed by atoms with van der Waals surface area (Å²) in [5.74, 6) is 0.453. The van der Waals surface area contributed by atoms with E-state index in [1.54, 1.807) is 24.4 Å². The highest BCUT2D eigenvalue weighted by molar-refractivity contribution is 5.92. The third-order valence-corrected chi connectivity index (χ3v) is 5.12. The second-order valence-electron chi connectivity index (χ2n) is 7.20. The number of aromatic nitrogens is 2. The summed E-state index contributed by atoms with van der Waals surface area (Å²) < 4.78 is 14.0. The zero-order valence-electron chi connectivity index (χ0n) is 15.8. The maximum Gasteiger partial charge on any atom is 0.238 e. The van der Waals surface area contributed by atoms with E-state index in [9.17, 15) is 9.18 Å². The SMILES string of the molecule is Cc1ccc(NC(=O)CN2CCCC2c2ncc(-c3ccccc3F)[nH]2)cc1. The third-order valence-electron chi connectivity index (χ3n) is 5.12. The summed E-state index contributed by atoms with van der Waals surface area (Å²) in [6.07, 6.45) is 3.58. The number of imidazole rings is 1. The van der Waals surface area contributed by atoms with E-state index >= 15 is 0 Å². The van der Waals surface area contributed by atoms with Crippen LogP contribution in [0.25, 0.3) is 11.3 Å². The molecule has 0 spiro atoms. The molecule has 1 saturated heterocycles. The number of aryl methyl sites for hydroxylation is 1. The molecule has 28 heavy (non-hydrogen) atoms. The quantitative estimate of drug-likeness (QED) is 0.696. The monoisotopic (exact) mass is 378 g/mol. The second kappa shape index (κ2) is 7.94. The van der Waals surface area contributed by atoms with Gasteiger partial charge in [-0.15, -0.1) is 0 Å². The van der Waals surface area contributed by atoms with E-state index in [0.717, 1.165) is 36.5 Å². The van der Waals surface area contributed by atoms with Gasteiger partial charge in [-0.25, -0.2) is 9.37 Å². The molecule has 3 aromatic rings. The molecule has 1 atom stereocenters. The van der Waals surface area contributed by atoms with Gasteiger partial charge in [-0.2, -0.15) is 0 Å². The molecule has 0 aliphatic carbocycles. The highest BCUT2D eigenvalue weighted by atomic mass is 19.1. The van der Waals surface area contributed by atoms with Crippen LogP contribution in [0.4, 0.5) is 10.1 Å². The van der Waals surface area contributed by atoms with E-state index in [0.29, 0.717) is 17.8 Å². The Morgan fingerprint density at radius 2 is 2.04 bits per heavy atom. The summed E-state index contributed by atoms with van der Waals surface area (Å²) in [6, 6.07) is 14.4. The average molecular weight is 378 g/mol. The van der Waals surface area contributed by atoms with E-state index in [-0.39, 0.29) is 17.8 Å². The van der Waals surface area contributed by atoms with Crippen LogP contribution in [-0.4, -0.2) is 33.9 Å². The predicted octanol–water partition coefficient (Wildman–Crippen LogP) is 4.30. The maximum atomic E-state index is 14.0. The van der Waals surface area contributed by atoms with Crippen molar-refractivity contribution in [1.82, 2.24) is 14.9 Å². The lowest BCUT2D eigenvalue weighted by molar-refractivity contribution is -0.117. The van der Waals surface area contributed by atoms with Crippen LogP contribution in [0.15, 0.2) is 54.7 Å². The van der Waals surface area contributed by atoms with Crippen molar-refractivity contribution in [1.29, 1.82) is 0 Å². The van der Waals surface area contributed by atoms with Gasteiger partial charge in [0.1, 0.15) is 11.6 Å². The van der Waals surface area contributed by atoms with Crippen LogP contribution < -0.4 is 5.32 Å². The Morgan fingerprint density at radius 1 is 1.25 bits per heavy atom. The van der Waals surface area contributed by atoms with E-state index in [1.807, 2.05) is 31.2 Å². The first-order valence-corrected chi connectivity index (χ1v) is 9.50. The topological polar surface area (TPSA) is 61.0 Å². The van der Waals surface area contributed by atoms with Gasteiger partial charge in [-0.05, 0) is 50.6 Å². The number of nitrogens with zero attached hydrogens (tertiary/aromatic N) is 2. The maximum absolute atomic E-state index is 14.0. The number of nitrogens with one attached hydrogen (secondary N) is 2. The molecule has 4 rings (SSSR count). The van der Waals surface area contributed by atoms with Crippen LogP contribution in [0, 0.1) is 12.7 Å². The van der Waals surface area contributed by atoms with Crippen molar-refractivity contribution >= 4 is 11.6 Å². The molecule has 1 aliphatic heterocycles. The lowest BCUT2D eigenvalue weighted by Gasteiger charge is -2.22. The van der Waals surface area contributed by atoms with E-state index in [2.05, 4.69) is 20.2 Å². The number of halogens is 1. The average Bonchev–Trinajstić information content (AvgIpc) is 3.33. The fourth-order valence-corrected chi connectivity index (χ4v) is 3.67. The van der Waals surface area contributed by atoms with Crippen LogP contribution in [0.2, 0.25) is 0 Å². The van der Waals surface area contributed by atoms with Gasteiger partial charge in [0.05, 0.1) is 24.5 Å². The highest BCUT2D eigenvalue weighted by Crippen LogP contribution is 2.31. The van der Waals surface area contributed by atoms with Crippen molar-refractivity contribution in [2.45, 2.75) is 25.8 Å². The molecule has 2 N–H and O–H groups in total. The number of likely N-dealkylation sites (tertiary alicyclic amines) is 1. The minimum absolute atomic E-state index is 0.0318. The molecule has 1 aromatic heterocycles. The Morgan fingerprint density at radius 3 is 2.82 bits per heavy atom. The second-order valence-corrected chi connectivity index (χ2v) is 7.20. The van der Waals surface area contributed by atoms with E-state index < -0.39 is 0 Å². The minimum Gasteiger partial charge on any atom is -0.341 e. The van der Waals surface area contributed by atoms with Gasteiger partial charge >= 0.3 is 0 Å². The van der Waals surface area contributed by atoms with Gasteiger partial charge in [-0.3, -0.25) is 9.69 Å². The summed E-state index contributed by atoms with van der Waals surface area (Å²) in [6.45, 7) is 3.15. The number of H-pyrrole nitrogens is 1. The van der Waals surface area contributed by atoms with E-state index in [4.69, 9.17) is 0 Å². The number of amides is 1. The van der Waals surface area contributed by atoms with Crippen molar-refractivity contribution in [2.75, 3.05) is 18.4 Å². The minimum atomic E-state index is -0.279. The lowest BCUT2D eigenvalue weighted by Crippen LogP contribution is -2.33. The number of carbonyl (C=O) groups excluding carboxylic acids is 1. The first kappa shape index (κ1) is 18.4. The van der Waals surface area contributed by atoms with Crippen molar-refractivity contribution in [2.24, 2.45) is 0 Å². The van der Waals surface area contributed by atoms with Crippen LogP contribution in [0.5, 0.6) is 0 Å². The first-order valence-electron chi connectivity index (χ1n) is 9.50. The summed E-state index contributed by atoms with van der Waals surface area (Å²) in [7, 11) is 0. The summed E-state index contributed by atoms with van der Waals surface area (Å²) in [4.78, 5) is 22.3. The fourth-order valence-electron chi connectivity index (χ4n) is 3.67. The summed E-state index contributed by atoms with van der Waals surface area (Å²) in [5.41, 5.74) is 3.11. The Kier molecular flexibility index (Phi) is 5.21. The van der Waals surface area contributed by atoms with Crippen molar-refractivity contribution < 1.29 is 9.18 Å². The van der Waals surface area contributed by atoms with Crippen LogP contribution in [0.3, 0.4) is 0 Å². The Balaban J connectivity index is 1.44. The number of benzene rings is 2. The lowest BCUT2D eigenvalue weighted by atomic mass is 10.1. The Hall–Kier alpha value is -2.99. The molecule has 5 nitrogen and oxygen atoms in total. The van der Waals surface area contributed by atoms with Crippen LogP contribution in [-0.2, 0) is 4.79 Å². The van der Waals surface area contributed by atoms with Crippen LogP contribution in [0.1, 0.15) is 30.3 Å². The van der Waals surface area contributed by atoms with Gasteiger partial charge in [0.2, 0.25) is 5.91 Å². The zero-order chi connectivity index (χ0) is 19.5. The summed E-state index contributed by atoms with van der Waals surface area (Å²) in [5, 5.41) is 2.95. The fraction of sp³-hybridized carbons (Fsp3) is 0.273. The molecular weight excluding hydrogens is 355 g/mol. The predicted molar refractivity (Wildman–Crippen MR) is 107 cm³/mol. The van der Waals surface area contributed by atoms with Gasteiger partial charge in [0, 0.05) is 11.3 Å². The number of anilines is 1. The molecule has 0 bridgehead atoms. The van der Waals surface area contributed by atoms with E-state index in [1.165, 1.54) is 6.07 Å². The third kappa shape index (κ3) is 3.97. The van der Waals surface area contributed by atoms with Gasteiger partial charge < -0.3 is 10.3 Å². The molecule has 0 radical (unpaired) electrons. The Bertz CT molecular complexity index is 967. The normalized spacial score (nSPS) is 17.0. The number of hydrogen-bond acceptors (Lipinski definition) is 3. The standard InChI is InChI=1S/C22H23FN4O/c1-15-8-10-16(11-9-15)25-21(28)14-27-12-4-7-20(27)22-24-13-19(26-22)17-5-2-3-6-18(17)23/h2-3,5-6,8-11,13,20H,4,7,12,14H2,1H3,(H,24,26)(H,25,28). The molecule has 2 heterocycles. The molecule has 0 saturated carbocycles. The smallest absolute Gasteiger partial charge is 0.238 e. The molecular formula is C22H23FN4O. The number of carbonyl (C=O) groups is 1. The first-order chi connectivity index (χ1) is 13.6. The van der Waals surface area contributed by atoms with Crippen LogP contribution >= 0.6 is 0 Å². The zero-order valence-corrected chi connectivity index (χ0v) is 15.8. The number of rotatable bonds is 5.